The monoisotopic (exact) mass is 391 g/mol. The molecule has 0 bridgehead atoms. The Morgan fingerprint density at radius 2 is 1.89 bits per heavy atom. The largest absolute Gasteiger partial charge is 0.465 e. The Kier molecular flexibility index (Phi) is 5.88. The van der Waals surface area contributed by atoms with Crippen molar-refractivity contribution in [2.24, 2.45) is 0 Å². The predicted molar refractivity (Wildman–Crippen MR) is 106 cm³/mol. The summed E-state index contributed by atoms with van der Waals surface area (Å²) in [7, 11) is 1.30. The number of aryl methyl sites for hydroxylation is 1. The number of nitrogens with zero attached hydrogens (tertiary/aromatic N) is 2. The van der Waals surface area contributed by atoms with Gasteiger partial charge in [0.2, 0.25) is 0 Å². The molecule has 3 rings (SSSR count). The van der Waals surface area contributed by atoms with Crippen LogP contribution in [0, 0.1) is 22.7 Å². The van der Waals surface area contributed by atoms with E-state index in [1.165, 1.54) is 24.5 Å². The van der Waals surface area contributed by atoms with Crippen molar-refractivity contribution in [2.75, 3.05) is 12.4 Å². The first-order valence-electron chi connectivity index (χ1n) is 8.73. The van der Waals surface area contributed by atoms with Gasteiger partial charge in [0.1, 0.15) is 22.7 Å². The molecule has 6 nitrogen and oxygen atoms in total. The van der Waals surface area contributed by atoms with Gasteiger partial charge in [-0.15, -0.1) is 11.3 Å². The second-order valence-electron chi connectivity index (χ2n) is 6.26. The van der Waals surface area contributed by atoms with E-state index in [0.29, 0.717) is 21.7 Å². The summed E-state index contributed by atoms with van der Waals surface area (Å²) in [6.45, 7) is 0. The fraction of sp³-hybridized carbons (Fsp3) is 0.238. The van der Waals surface area contributed by atoms with Crippen LogP contribution in [0.1, 0.15) is 44.8 Å². The molecule has 1 N–H and O–H groups in total. The molecule has 1 amide bonds. The Morgan fingerprint density at radius 3 is 2.54 bits per heavy atom. The minimum Gasteiger partial charge on any atom is -0.465 e. The number of nitriles is 2. The average Bonchev–Trinajstić information content (AvgIpc) is 3.08. The molecule has 0 fully saturated rings. The standard InChI is InChI=1S/C21H17N3O3S/c1-27-21(26)14-8-6-13(7-9-14)10-15(11-22)19(25)24-20-17(12-23)16-4-2-3-5-18(16)28-20/h6-10H,2-5H2,1H3,(H,24,25)/b15-10+. The molecule has 1 aliphatic carbocycles. The van der Waals surface area contributed by atoms with E-state index >= 15 is 0 Å². The van der Waals surface area contributed by atoms with Crippen LogP contribution in [0.2, 0.25) is 0 Å². The van der Waals surface area contributed by atoms with Crippen LogP contribution in [-0.2, 0) is 22.4 Å². The SMILES string of the molecule is COC(=O)c1ccc(/C=C(\C#N)C(=O)Nc2sc3c(c2C#N)CCCC3)cc1. The molecule has 0 radical (unpaired) electrons. The lowest BCUT2D eigenvalue weighted by Crippen LogP contribution is -2.13. The van der Waals surface area contributed by atoms with Gasteiger partial charge >= 0.3 is 5.97 Å². The molecule has 28 heavy (non-hydrogen) atoms. The second-order valence-corrected chi connectivity index (χ2v) is 7.37. The summed E-state index contributed by atoms with van der Waals surface area (Å²) >= 11 is 1.41. The summed E-state index contributed by atoms with van der Waals surface area (Å²) in [5.74, 6) is -1.02. The van der Waals surface area contributed by atoms with Crippen LogP contribution in [0.25, 0.3) is 6.08 Å². The van der Waals surface area contributed by atoms with Gasteiger partial charge in [-0.2, -0.15) is 10.5 Å². The number of nitrogens with one attached hydrogen (secondary N) is 1. The van der Waals surface area contributed by atoms with Crippen LogP contribution in [-0.4, -0.2) is 19.0 Å². The Morgan fingerprint density at radius 1 is 1.18 bits per heavy atom. The topological polar surface area (TPSA) is 103 Å². The van der Waals surface area contributed by atoms with Gasteiger partial charge in [-0.1, -0.05) is 12.1 Å². The Hall–Kier alpha value is -3.42. The molecule has 0 saturated carbocycles. The summed E-state index contributed by atoms with van der Waals surface area (Å²) < 4.78 is 4.64. The summed E-state index contributed by atoms with van der Waals surface area (Å²) in [4.78, 5) is 25.2. The number of anilines is 1. The quantitative estimate of drug-likeness (QED) is 0.485. The molecular weight excluding hydrogens is 374 g/mol. The zero-order chi connectivity index (χ0) is 20.1. The number of carbonyl (C=O) groups excluding carboxylic acids is 2. The molecule has 0 spiro atoms. The van der Waals surface area contributed by atoms with Crippen LogP contribution >= 0.6 is 11.3 Å². The van der Waals surface area contributed by atoms with E-state index in [9.17, 15) is 20.1 Å². The van der Waals surface area contributed by atoms with E-state index in [4.69, 9.17) is 0 Å². The number of esters is 1. The van der Waals surface area contributed by atoms with E-state index in [0.717, 1.165) is 36.1 Å². The van der Waals surface area contributed by atoms with Crippen molar-refractivity contribution in [2.45, 2.75) is 25.7 Å². The van der Waals surface area contributed by atoms with Crippen molar-refractivity contribution >= 4 is 34.3 Å². The lowest BCUT2D eigenvalue weighted by molar-refractivity contribution is -0.112. The maximum atomic E-state index is 12.6. The molecule has 2 aromatic rings. The lowest BCUT2D eigenvalue weighted by atomic mass is 9.96. The number of hydrogen-bond acceptors (Lipinski definition) is 6. The summed E-state index contributed by atoms with van der Waals surface area (Å²) in [5.41, 5.74) is 2.43. The van der Waals surface area contributed by atoms with Crippen molar-refractivity contribution in [3.05, 3.63) is 57.0 Å². The number of methoxy groups -OCH3 is 1. The third-order valence-electron chi connectivity index (χ3n) is 4.52. The van der Waals surface area contributed by atoms with E-state index < -0.39 is 11.9 Å². The molecular formula is C21H17N3O3S. The number of rotatable bonds is 4. The van der Waals surface area contributed by atoms with Gasteiger partial charge in [-0.3, -0.25) is 4.79 Å². The molecule has 0 aliphatic heterocycles. The van der Waals surface area contributed by atoms with Gasteiger partial charge < -0.3 is 10.1 Å². The van der Waals surface area contributed by atoms with Gasteiger partial charge in [0.05, 0.1) is 18.2 Å². The highest BCUT2D eigenvalue weighted by atomic mass is 32.1. The number of benzene rings is 1. The maximum absolute atomic E-state index is 12.6. The summed E-state index contributed by atoms with van der Waals surface area (Å²) in [5, 5.41) is 22.1. The lowest BCUT2D eigenvalue weighted by Gasteiger charge is -2.09. The smallest absolute Gasteiger partial charge is 0.337 e. The molecule has 1 heterocycles. The second kappa shape index (κ2) is 8.51. The van der Waals surface area contributed by atoms with Gasteiger partial charge in [0, 0.05) is 4.88 Å². The Bertz CT molecular complexity index is 1040. The van der Waals surface area contributed by atoms with Crippen molar-refractivity contribution in [3.63, 3.8) is 0 Å². The van der Waals surface area contributed by atoms with E-state index in [-0.39, 0.29) is 5.57 Å². The third-order valence-corrected chi connectivity index (χ3v) is 5.73. The zero-order valence-electron chi connectivity index (χ0n) is 15.2. The molecule has 140 valence electrons. The molecule has 1 aromatic heterocycles. The number of fused-ring (bicyclic) bond motifs is 1. The van der Waals surface area contributed by atoms with E-state index in [1.807, 2.05) is 6.07 Å². The van der Waals surface area contributed by atoms with Gasteiger partial charge in [-0.25, -0.2) is 4.79 Å². The number of ether oxygens (including phenoxy) is 1. The van der Waals surface area contributed by atoms with Crippen LogP contribution in [0.5, 0.6) is 0 Å². The van der Waals surface area contributed by atoms with Gasteiger partial charge in [0.15, 0.2) is 0 Å². The van der Waals surface area contributed by atoms with E-state index in [2.05, 4.69) is 16.1 Å². The number of amides is 1. The predicted octanol–water partition coefficient (Wildman–Crippen LogP) is 3.83. The van der Waals surface area contributed by atoms with Crippen molar-refractivity contribution in [1.82, 2.24) is 0 Å². The van der Waals surface area contributed by atoms with Crippen molar-refractivity contribution in [1.29, 1.82) is 10.5 Å². The minimum absolute atomic E-state index is 0.0823. The highest BCUT2D eigenvalue weighted by Crippen LogP contribution is 2.37. The zero-order valence-corrected chi connectivity index (χ0v) is 16.1. The van der Waals surface area contributed by atoms with Gasteiger partial charge in [-0.05, 0) is 55.0 Å². The number of thiophene rings is 1. The number of hydrogen-bond donors (Lipinski definition) is 1. The highest BCUT2D eigenvalue weighted by molar-refractivity contribution is 7.16. The normalized spacial score (nSPS) is 13.0. The van der Waals surface area contributed by atoms with Crippen LogP contribution in [0.4, 0.5) is 5.00 Å². The average molecular weight is 391 g/mol. The summed E-state index contributed by atoms with van der Waals surface area (Å²) in [6, 6.07) is 10.5. The number of carbonyl (C=O) groups is 2. The summed E-state index contributed by atoms with van der Waals surface area (Å²) in [6.07, 6.45) is 5.32. The first kappa shape index (κ1) is 19.3. The van der Waals surface area contributed by atoms with Crippen LogP contribution < -0.4 is 5.32 Å². The first-order valence-corrected chi connectivity index (χ1v) is 9.55. The fourth-order valence-electron chi connectivity index (χ4n) is 3.09. The first-order chi connectivity index (χ1) is 13.6. The van der Waals surface area contributed by atoms with Crippen LogP contribution in [0.3, 0.4) is 0 Å². The highest BCUT2D eigenvalue weighted by Gasteiger charge is 2.22. The van der Waals surface area contributed by atoms with Gasteiger partial charge in [0.25, 0.3) is 5.91 Å². The third kappa shape index (κ3) is 3.95. The Balaban J connectivity index is 1.82. The van der Waals surface area contributed by atoms with Crippen LogP contribution in [0.15, 0.2) is 29.8 Å². The molecule has 1 aromatic carbocycles. The Labute approximate surface area is 166 Å². The molecule has 0 atom stereocenters. The van der Waals surface area contributed by atoms with Crippen molar-refractivity contribution in [3.8, 4) is 12.1 Å². The maximum Gasteiger partial charge on any atom is 0.337 e. The van der Waals surface area contributed by atoms with E-state index in [1.54, 1.807) is 24.3 Å². The van der Waals surface area contributed by atoms with Crippen molar-refractivity contribution < 1.29 is 14.3 Å². The molecule has 1 aliphatic rings. The molecule has 0 saturated heterocycles. The minimum atomic E-state index is -0.561. The fourth-order valence-corrected chi connectivity index (χ4v) is 4.33. The molecule has 0 unspecified atom stereocenters. The molecule has 7 heteroatoms.